The van der Waals surface area contributed by atoms with Gasteiger partial charge in [-0.1, -0.05) is 155 Å². The first-order valence-corrected chi connectivity index (χ1v) is 30.2. The molecule has 4 aromatic carbocycles. The van der Waals surface area contributed by atoms with Crippen LogP contribution in [0.3, 0.4) is 0 Å². The summed E-state index contributed by atoms with van der Waals surface area (Å²) in [6, 6.07) is 42.2. The first-order valence-electron chi connectivity index (χ1n) is 26.8. The van der Waals surface area contributed by atoms with Crippen LogP contribution < -0.4 is 18.9 Å². The molecule has 0 amide bonds. The number of alkyl halides is 3. The van der Waals surface area contributed by atoms with Gasteiger partial charge in [0.25, 0.3) is 0 Å². The predicted molar refractivity (Wildman–Crippen MR) is 325 cm³/mol. The van der Waals surface area contributed by atoms with E-state index in [0.29, 0.717) is 26.4 Å². The van der Waals surface area contributed by atoms with E-state index in [2.05, 4.69) is 174 Å². The van der Waals surface area contributed by atoms with Crippen molar-refractivity contribution in [3.63, 3.8) is 0 Å². The Bertz CT molecular complexity index is 3130. The van der Waals surface area contributed by atoms with Crippen molar-refractivity contribution in [3.05, 3.63) is 144 Å². The Labute approximate surface area is 467 Å². The lowest BCUT2D eigenvalue weighted by Crippen LogP contribution is -1.97. The Balaban J connectivity index is 1.20. The smallest absolute Gasteiger partial charge is 0.119 e. The molecule has 8 bridgehead atoms. The lowest BCUT2D eigenvalue weighted by atomic mass is 10.0. The first kappa shape index (κ1) is 53.9. The third-order valence-corrected chi connectivity index (χ3v) is 15.2. The third kappa shape index (κ3) is 14.1. The van der Waals surface area contributed by atoms with Crippen LogP contribution in [0, 0.1) is 0 Å². The van der Waals surface area contributed by atoms with Gasteiger partial charge in [-0.15, -0.1) is 0 Å². The Hall–Kier alpha value is -5.88. The van der Waals surface area contributed by atoms with E-state index in [1.165, 1.54) is 51.4 Å². The maximum atomic E-state index is 6.33. The normalized spacial score (nSPS) is 11.8. The summed E-state index contributed by atoms with van der Waals surface area (Å²) < 4.78 is 24.6. The van der Waals surface area contributed by atoms with E-state index in [1.807, 2.05) is 36.4 Å². The number of hydrogen-bond donors (Lipinski definition) is 2. The number of rotatable bonds is 27. The quantitative estimate of drug-likeness (QED) is 0.0394. The van der Waals surface area contributed by atoms with Crippen molar-refractivity contribution in [1.82, 2.24) is 19.9 Å². The Morgan fingerprint density at radius 1 is 0.320 bits per heavy atom. The minimum Gasteiger partial charge on any atom is -0.494 e. The highest BCUT2D eigenvalue weighted by Gasteiger charge is 2.20. The molecule has 8 nitrogen and oxygen atoms in total. The number of benzene rings is 4. The van der Waals surface area contributed by atoms with E-state index in [0.717, 1.165) is 154 Å². The van der Waals surface area contributed by atoms with Crippen LogP contribution in [0.5, 0.6) is 23.0 Å². The molecule has 75 heavy (non-hydrogen) atoms. The van der Waals surface area contributed by atoms with Crippen molar-refractivity contribution in [2.75, 3.05) is 42.4 Å². The molecule has 0 radical (unpaired) electrons. The zero-order valence-electron chi connectivity index (χ0n) is 43.0. The highest BCUT2D eigenvalue weighted by molar-refractivity contribution is 9.09. The zero-order chi connectivity index (χ0) is 51.6. The van der Waals surface area contributed by atoms with E-state index in [-0.39, 0.29) is 0 Å². The molecule has 5 heterocycles. The maximum absolute atomic E-state index is 6.33. The van der Waals surface area contributed by atoms with Gasteiger partial charge in [-0.3, -0.25) is 0 Å². The van der Waals surface area contributed by atoms with Gasteiger partial charge in [-0.2, -0.15) is 0 Å². The molecular formula is C64H67Br3N4O4. The first-order chi connectivity index (χ1) is 37.0. The molecule has 2 aliphatic heterocycles. The van der Waals surface area contributed by atoms with Crippen LogP contribution in [0.15, 0.2) is 121 Å². The van der Waals surface area contributed by atoms with Crippen LogP contribution >= 0.6 is 47.8 Å². The number of ether oxygens (including phenoxy) is 4. The molecular weight excluding hydrogens is 1130 g/mol. The monoisotopic (exact) mass is 1190 g/mol. The van der Waals surface area contributed by atoms with Crippen LogP contribution in [-0.2, 0) is 0 Å². The number of halogens is 3. The fourth-order valence-corrected chi connectivity index (χ4v) is 10.3. The van der Waals surface area contributed by atoms with E-state index in [9.17, 15) is 0 Å². The lowest BCUT2D eigenvalue weighted by molar-refractivity contribution is 0.304. The van der Waals surface area contributed by atoms with Gasteiger partial charge in [-0.05, 0) is 145 Å². The van der Waals surface area contributed by atoms with Crippen molar-refractivity contribution in [1.29, 1.82) is 0 Å². The second-order valence-electron chi connectivity index (χ2n) is 18.9. The number of hydrogen-bond acceptors (Lipinski definition) is 6. The fourth-order valence-electron chi connectivity index (χ4n) is 9.63. The van der Waals surface area contributed by atoms with Crippen LogP contribution in [0.1, 0.15) is 107 Å². The van der Waals surface area contributed by atoms with Gasteiger partial charge < -0.3 is 28.9 Å². The lowest BCUT2D eigenvalue weighted by Gasteiger charge is -2.10. The number of nitrogens with one attached hydrogen (secondary N) is 2. The van der Waals surface area contributed by atoms with Gasteiger partial charge in [0.15, 0.2) is 0 Å². The topological polar surface area (TPSA) is 94.3 Å². The molecule has 0 saturated carbocycles. The second kappa shape index (κ2) is 27.8. The zero-order valence-corrected chi connectivity index (χ0v) is 47.7. The second-order valence-corrected chi connectivity index (χ2v) is 21.3. The number of nitrogens with zero attached hydrogens (tertiary/aromatic N) is 2. The summed E-state index contributed by atoms with van der Waals surface area (Å²) in [6.07, 6.45) is 22.8. The average Bonchev–Trinajstić information content (AvgIpc) is 4.31. The minimum absolute atomic E-state index is 0.637. The Morgan fingerprint density at radius 3 is 0.840 bits per heavy atom. The average molecular weight is 1200 g/mol. The Kier molecular flexibility index (Phi) is 20.0. The van der Waals surface area contributed by atoms with Crippen molar-refractivity contribution in [2.24, 2.45) is 0 Å². The number of unbranched alkanes of at least 4 members (excludes halogenated alkanes) is 8. The van der Waals surface area contributed by atoms with Gasteiger partial charge in [0.1, 0.15) is 23.0 Å². The molecule has 0 unspecified atom stereocenters. The predicted octanol–water partition coefficient (Wildman–Crippen LogP) is 18.7. The van der Waals surface area contributed by atoms with E-state index < -0.39 is 0 Å². The summed E-state index contributed by atoms with van der Waals surface area (Å²) in [4.78, 5) is 18.8. The minimum atomic E-state index is 0.637. The van der Waals surface area contributed by atoms with E-state index in [1.54, 1.807) is 0 Å². The van der Waals surface area contributed by atoms with Crippen LogP contribution in [0.25, 0.3) is 90.9 Å². The largest absolute Gasteiger partial charge is 0.494 e. The van der Waals surface area contributed by atoms with Crippen LogP contribution in [0.2, 0.25) is 0 Å². The van der Waals surface area contributed by atoms with Gasteiger partial charge in [0.2, 0.25) is 0 Å². The number of aromatic amines is 2. The standard InChI is InChI=1S/C64H67Br3N4O4/c1-2-3-4-5-6-7-8-9-10-41-72-49-22-14-45(15-23-49)61-53-30-32-55(68-53)62(46-16-24-50(25-17-46)73-42-11-38-65)57-34-36-59(70-57)64(48-20-28-52(29-21-48)75-44-13-40-67)60-37-35-58(71-60)63(56-33-31-54(61)69-56)47-18-26-51(27-19-47)74-43-12-39-66/h14-37,68,71H,2-13,38-44H2,1H3. The highest BCUT2D eigenvalue weighted by atomic mass is 79.9. The summed E-state index contributed by atoms with van der Waals surface area (Å²) in [5.74, 6) is 3.35. The molecule has 0 fully saturated rings. The molecule has 3 aromatic heterocycles. The fraction of sp³-hybridized carbons (Fsp3) is 0.312. The molecule has 0 aliphatic carbocycles. The van der Waals surface area contributed by atoms with Crippen molar-refractivity contribution in [3.8, 4) is 67.5 Å². The van der Waals surface area contributed by atoms with Crippen LogP contribution in [-0.4, -0.2) is 62.4 Å². The molecule has 11 heteroatoms. The molecule has 0 spiro atoms. The van der Waals surface area contributed by atoms with E-state index in [4.69, 9.17) is 28.9 Å². The third-order valence-electron chi connectivity index (χ3n) is 13.5. The summed E-state index contributed by atoms with van der Waals surface area (Å²) in [7, 11) is 0. The van der Waals surface area contributed by atoms with Gasteiger partial charge in [0, 0.05) is 60.3 Å². The molecule has 7 aromatic rings. The molecule has 2 N–H and O–H groups in total. The summed E-state index contributed by atoms with van der Waals surface area (Å²) in [5, 5.41) is 2.67. The Morgan fingerprint density at radius 2 is 0.573 bits per heavy atom. The SMILES string of the molecule is CCCCCCCCCCCOc1ccc(-c2c3nc(c(-c4ccc(OCCCBr)cc4)c4ccc([nH]4)c(-c4ccc(OCCCBr)cc4)c4nc(c(-c5ccc(OCCCBr)cc5)c5ccc2[nH]5)C=C4)C=C3)cc1. The molecule has 388 valence electrons. The maximum Gasteiger partial charge on any atom is 0.119 e. The molecule has 0 atom stereocenters. The van der Waals surface area contributed by atoms with Gasteiger partial charge in [-0.25, -0.2) is 9.97 Å². The molecule has 2 aliphatic rings. The van der Waals surface area contributed by atoms with Gasteiger partial charge >= 0.3 is 0 Å². The summed E-state index contributed by atoms with van der Waals surface area (Å²) in [5.41, 5.74) is 15.0. The molecule has 0 saturated heterocycles. The summed E-state index contributed by atoms with van der Waals surface area (Å²) >= 11 is 10.6. The number of aromatic nitrogens is 4. The van der Waals surface area contributed by atoms with E-state index >= 15 is 0 Å². The van der Waals surface area contributed by atoms with Gasteiger partial charge in [0.05, 0.1) is 49.2 Å². The number of fused-ring (bicyclic) bond motifs is 8. The molecule has 9 rings (SSSR count). The van der Waals surface area contributed by atoms with Crippen molar-refractivity contribution in [2.45, 2.75) is 84.0 Å². The summed E-state index contributed by atoms with van der Waals surface area (Å²) in [6.45, 7) is 4.90. The van der Waals surface area contributed by atoms with Crippen molar-refractivity contribution >= 4 is 94.2 Å². The van der Waals surface area contributed by atoms with Crippen molar-refractivity contribution < 1.29 is 18.9 Å². The van der Waals surface area contributed by atoms with Crippen LogP contribution in [0.4, 0.5) is 0 Å². The highest BCUT2D eigenvalue weighted by Crippen LogP contribution is 2.40. The number of H-pyrrole nitrogens is 2.